The maximum Gasteiger partial charge on any atom is 0.222 e. The fourth-order valence-electron chi connectivity index (χ4n) is 4.43. The molecule has 5 rings (SSSR count). The van der Waals surface area contributed by atoms with Crippen molar-refractivity contribution in [1.29, 1.82) is 0 Å². The Labute approximate surface area is 182 Å². The van der Waals surface area contributed by atoms with Gasteiger partial charge in [0.25, 0.3) is 0 Å². The molecule has 160 valence electrons. The normalized spacial score (nSPS) is 22.4. The molecule has 0 unspecified atom stereocenters. The first-order valence-corrected chi connectivity index (χ1v) is 10.9. The Hall–Kier alpha value is -3.15. The van der Waals surface area contributed by atoms with E-state index < -0.39 is 0 Å². The molecule has 0 spiro atoms. The smallest absolute Gasteiger partial charge is 0.222 e. The summed E-state index contributed by atoms with van der Waals surface area (Å²) in [6.07, 6.45) is 6.25. The average molecular weight is 418 g/mol. The number of aliphatic imine (C=N–C) groups is 1. The molecule has 6 nitrogen and oxygen atoms in total. The molecule has 1 N–H and O–H groups in total. The van der Waals surface area contributed by atoms with Crippen LogP contribution in [0.4, 0.5) is 0 Å². The van der Waals surface area contributed by atoms with Crippen molar-refractivity contribution >= 4 is 16.8 Å². The van der Waals surface area contributed by atoms with Gasteiger partial charge in [-0.15, -0.1) is 0 Å². The Bertz CT molecular complexity index is 1170. The van der Waals surface area contributed by atoms with Crippen molar-refractivity contribution < 1.29 is 14.6 Å². The van der Waals surface area contributed by atoms with Crippen LogP contribution in [0.25, 0.3) is 10.9 Å². The van der Waals surface area contributed by atoms with Crippen LogP contribution in [0.2, 0.25) is 0 Å². The van der Waals surface area contributed by atoms with E-state index in [-0.39, 0.29) is 17.9 Å². The summed E-state index contributed by atoms with van der Waals surface area (Å²) < 4.78 is 12.1. The van der Waals surface area contributed by atoms with Crippen LogP contribution in [-0.4, -0.2) is 33.1 Å². The van der Waals surface area contributed by atoms with Gasteiger partial charge in [-0.1, -0.05) is 13.8 Å². The third-order valence-corrected chi connectivity index (χ3v) is 6.28. The predicted molar refractivity (Wildman–Crippen MR) is 120 cm³/mol. The van der Waals surface area contributed by atoms with Crippen molar-refractivity contribution in [2.45, 2.75) is 58.6 Å². The van der Waals surface area contributed by atoms with E-state index in [0.29, 0.717) is 28.6 Å². The quantitative estimate of drug-likeness (QED) is 0.604. The molecule has 2 aliphatic rings. The molecular weight excluding hydrogens is 390 g/mol. The van der Waals surface area contributed by atoms with E-state index in [0.717, 1.165) is 35.8 Å². The maximum absolute atomic E-state index is 10.2. The zero-order valence-electron chi connectivity index (χ0n) is 18.1. The molecule has 1 saturated carbocycles. The summed E-state index contributed by atoms with van der Waals surface area (Å²) in [7, 11) is 0. The Balaban J connectivity index is 1.37. The van der Waals surface area contributed by atoms with Gasteiger partial charge in [0.2, 0.25) is 17.7 Å². The lowest BCUT2D eigenvalue weighted by Gasteiger charge is -2.21. The molecule has 6 heteroatoms. The van der Waals surface area contributed by atoms with Gasteiger partial charge in [-0.25, -0.2) is 15.0 Å². The molecule has 0 bridgehead atoms. The van der Waals surface area contributed by atoms with E-state index >= 15 is 0 Å². The van der Waals surface area contributed by atoms with Crippen molar-refractivity contribution in [3.8, 4) is 17.5 Å². The minimum Gasteiger partial charge on any atom is -0.506 e. The molecule has 0 saturated heterocycles. The third kappa shape index (κ3) is 4.07. The zero-order valence-corrected chi connectivity index (χ0v) is 18.1. The van der Waals surface area contributed by atoms with Crippen molar-refractivity contribution in [2.75, 3.05) is 0 Å². The van der Waals surface area contributed by atoms with Crippen LogP contribution in [-0.2, 0) is 4.74 Å². The van der Waals surface area contributed by atoms with E-state index in [9.17, 15) is 5.11 Å². The summed E-state index contributed by atoms with van der Waals surface area (Å²) in [5, 5.41) is 11.1. The van der Waals surface area contributed by atoms with Gasteiger partial charge >= 0.3 is 0 Å². The number of aromatic nitrogens is 2. The van der Waals surface area contributed by atoms with Gasteiger partial charge < -0.3 is 14.6 Å². The van der Waals surface area contributed by atoms with Crippen molar-refractivity contribution in [1.82, 2.24) is 9.97 Å². The highest BCUT2D eigenvalue weighted by Crippen LogP contribution is 2.38. The summed E-state index contributed by atoms with van der Waals surface area (Å²) >= 11 is 0. The van der Waals surface area contributed by atoms with Gasteiger partial charge in [0.1, 0.15) is 17.4 Å². The van der Waals surface area contributed by atoms with E-state index in [1.807, 2.05) is 31.2 Å². The van der Waals surface area contributed by atoms with Gasteiger partial charge in [0.05, 0.1) is 6.04 Å². The Morgan fingerprint density at radius 3 is 2.77 bits per heavy atom. The number of hydrogen-bond acceptors (Lipinski definition) is 6. The van der Waals surface area contributed by atoms with E-state index in [1.165, 1.54) is 6.42 Å². The molecule has 2 atom stereocenters. The number of ether oxygens (including phenoxy) is 2. The molecule has 2 aromatic heterocycles. The van der Waals surface area contributed by atoms with E-state index in [1.54, 1.807) is 18.3 Å². The van der Waals surface area contributed by atoms with Crippen molar-refractivity contribution in [3.63, 3.8) is 0 Å². The van der Waals surface area contributed by atoms with Crippen molar-refractivity contribution in [3.05, 3.63) is 53.7 Å². The van der Waals surface area contributed by atoms with Crippen molar-refractivity contribution in [2.24, 2.45) is 10.4 Å². The van der Waals surface area contributed by atoms with Gasteiger partial charge in [0.15, 0.2) is 0 Å². The second-order valence-corrected chi connectivity index (χ2v) is 9.39. The van der Waals surface area contributed by atoms with Gasteiger partial charge in [-0.05, 0) is 67.9 Å². The number of fused-ring (bicyclic) bond motifs is 2. The van der Waals surface area contributed by atoms with Crippen LogP contribution in [0.3, 0.4) is 0 Å². The van der Waals surface area contributed by atoms with Crippen LogP contribution >= 0.6 is 0 Å². The first-order valence-electron chi connectivity index (χ1n) is 10.9. The number of rotatable bonds is 3. The van der Waals surface area contributed by atoms with E-state index in [4.69, 9.17) is 14.5 Å². The third-order valence-electron chi connectivity index (χ3n) is 6.28. The van der Waals surface area contributed by atoms with Crippen LogP contribution in [0.5, 0.6) is 17.5 Å². The second-order valence-electron chi connectivity index (χ2n) is 9.39. The summed E-state index contributed by atoms with van der Waals surface area (Å²) in [5.41, 5.74) is 2.70. The lowest BCUT2D eigenvalue weighted by Crippen LogP contribution is -2.20. The molecule has 0 radical (unpaired) electrons. The number of aromatic hydroxyl groups is 1. The highest BCUT2D eigenvalue weighted by atomic mass is 16.5. The average Bonchev–Trinajstić information content (AvgIpc) is 3.09. The molecule has 0 amide bonds. The van der Waals surface area contributed by atoms with Gasteiger partial charge in [0, 0.05) is 29.3 Å². The molecular formula is C25H27N3O3. The molecule has 3 aromatic rings. The fourth-order valence-corrected chi connectivity index (χ4v) is 4.43. The lowest BCUT2D eigenvalue weighted by atomic mass is 9.85. The predicted octanol–water partition coefficient (Wildman–Crippen LogP) is 5.55. The standard InChI is InChI=1S/C25H27N3O3/c1-15-12-16-4-5-21(28-23(16)19(29)13-15)31-22-14-17(8-11-26-22)24-27-18-6-9-25(2,3)10-7-20(18)30-24/h4-5,8,11-14,18,20,29H,6-7,9-10H2,1-3H3/t18-,20-/m0/s1. The highest BCUT2D eigenvalue weighted by Gasteiger charge is 2.37. The number of hydrogen-bond donors (Lipinski definition) is 1. The maximum atomic E-state index is 10.2. The van der Waals surface area contributed by atoms with Crippen LogP contribution < -0.4 is 4.74 Å². The summed E-state index contributed by atoms with van der Waals surface area (Å²) in [6.45, 7) is 6.59. The number of aryl methyl sites for hydroxylation is 1. The Morgan fingerprint density at radius 2 is 1.90 bits per heavy atom. The highest BCUT2D eigenvalue weighted by molar-refractivity contribution is 5.95. The van der Waals surface area contributed by atoms with Gasteiger partial charge in [-0.2, -0.15) is 0 Å². The molecule has 1 aromatic carbocycles. The number of phenols is 1. The minimum absolute atomic E-state index is 0.137. The fraction of sp³-hybridized carbons (Fsp3) is 0.400. The number of benzene rings is 1. The zero-order chi connectivity index (χ0) is 21.6. The van der Waals surface area contributed by atoms with Crippen LogP contribution in [0.1, 0.15) is 50.7 Å². The second kappa shape index (κ2) is 7.52. The minimum atomic E-state index is 0.137. The monoisotopic (exact) mass is 417 g/mol. The number of phenolic OH excluding ortho intramolecular Hbond substituents is 1. The Kier molecular flexibility index (Phi) is 4.80. The molecule has 3 heterocycles. The summed E-state index contributed by atoms with van der Waals surface area (Å²) in [5.74, 6) is 1.59. The molecule has 1 fully saturated rings. The Morgan fingerprint density at radius 1 is 1.06 bits per heavy atom. The van der Waals surface area contributed by atoms with Gasteiger partial charge in [-0.3, -0.25) is 0 Å². The first kappa shape index (κ1) is 19.8. The van der Waals surface area contributed by atoms with E-state index in [2.05, 4.69) is 23.8 Å². The number of nitrogens with zero attached hydrogens (tertiary/aromatic N) is 3. The largest absolute Gasteiger partial charge is 0.506 e. The number of pyridine rings is 2. The topological polar surface area (TPSA) is 76.8 Å². The summed E-state index contributed by atoms with van der Waals surface area (Å²) in [4.78, 5) is 13.6. The first-order chi connectivity index (χ1) is 14.9. The SMILES string of the molecule is Cc1cc(O)c2nc(Oc3cc(C4=N[C@H]5CCC(C)(C)CC[C@@H]5O4)ccn3)ccc2c1. The molecule has 1 aliphatic heterocycles. The molecule has 1 aliphatic carbocycles. The molecule has 31 heavy (non-hydrogen) atoms. The lowest BCUT2D eigenvalue weighted by molar-refractivity contribution is 0.178. The summed E-state index contributed by atoms with van der Waals surface area (Å²) in [6, 6.07) is 11.3. The van der Waals surface area contributed by atoms with Crippen LogP contribution in [0.15, 0.2) is 47.6 Å². The van der Waals surface area contributed by atoms with Crippen LogP contribution in [0, 0.1) is 12.3 Å².